The quantitative estimate of drug-likeness (QED) is 0.0301. The molecular weight excluding hydrogens is 858 g/mol. The molecule has 344 valence electrons. The summed E-state index contributed by atoms with van der Waals surface area (Å²) in [5, 5.41) is 2.69. The molecule has 0 aliphatic rings. The molecule has 0 heterocycles. The van der Waals surface area contributed by atoms with Crippen LogP contribution in [0.2, 0.25) is 0 Å². The summed E-state index contributed by atoms with van der Waals surface area (Å²) in [6, 6.07) is 50.2. The number of ether oxygens (including phenoxy) is 3. The lowest BCUT2D eigenvalue weighted by Crippen LogP contribution is -2.62. The van der Waals surface area contributed by atoms with Gasteiger partial charge in [-0.3, -0.25) is 19.3 Å². The number of hydrazine groups is 1. The van der Waals surface area contributed by atoms with Crippen LogP contribution in [0.5, 0.6) is 11.5 Å². The predicted molar refractivity (Wildman–Crippen MR) is 251 cm³/mol. The van der Waals surface area contributed by atoms with E-state index in [1.54, 1.807) is 25.1 Å². The van der Waals surface area contributed by atoms with E-state index in [1.165, 1.54) is 0 Å². The minimum atomic E-state index is -4.33. The summed E-state index contributed by atoms with van der Waals surface area (Å²) >= 11 is 0. The number of rotatable bonds is 24. The lowest BCUT2D eigenvalue weighted by molar-refractivity contribution is -0.153. The maximum atomic E-state index is 14.5. The molecule has 0 saturated carbocycles. The Kier molecular flexibility index (Phi) is 18.1. The monoisotopic (exact) mass is 913 g/mol. The molecule has 66 heavy (non-hydrogen) atoms. The van der Waals surface area contributed by atoms with E-state index in [4.69, 9.17) is 27.8 Å². The minimum absolute atomic E-state index is 0.0188. The molecule has 0 saturated heterocycles. The highest BCUT2D eigenvalue weighted by Gasteiger charge is 2.38. The third kappa shape index (κ3) is 15.2. The van der Waals surface area contributed by atoms with Gasteiger partial charge < -0.3 is 24.1 Å². The van der Waals surface area contributed by atoms with Crippen LogP contribution in [0.1, 0.15) is 60.6 Å². The van der Waals surface area contributed by atoms with Crippen molar-refractivity contribution in [2.24, 2.45) is 5.92 Å². The van der Waals surface area contributed by atoms with Gasteiger partial charge in [0.05, 0.1) is 13.2 Å². The molecule has 0 bridgehead atoms. The molecular formula is C52H56N3O10P. The fraction of sp³-hybridized carbons (Fsp3) is 0.250. The standard InChI is InChI=1S/C52H56N3O10P/c1-4-39(2)48(53-51(58)62-36-42-24-14-7-15-25-42)49(56)54-55-52(3,50(57)61-35-41-22-12-6-13-23-41)33-45-30-31-46(47(32-45)60-34-40-20-10-5-11-21-40)65-66(59,63-37-43-26-16-8-17-27-43)64-38-44-28-18-9-19-29-44/h5-32,39,48,55H,4,33-38H2,1-3H3,(H,53,58)(H,54,56)/t39-,48-,52-/m0/s1. The highest BCUT2D eigenvalue weighted by atomic mass is 31.2. The van der Waals surface area contributed by atoms with Crippen LogP contribution in [-0.2, 0) is 72.1 Å². The lowest BCUT2D eigenvalue weighted by Gasteiger charge is -2.31. The van der Waals surface area contributed by atoms with Crippen molar-refractivity contribution in [3.8, 4) is 11.5 Å². The Morgan fingerprint density at radius 3 is 1.52 bits per heavy atom. The van der Waals surface area contributed by atoms with E-state index >= 15 is 0 Å². The van der Waals surface area contributed by atoms with E-state index in [1.807, 2.05) is 166 Å². The molecule has 0 aliphatic heterocycles. The van der Waals surface area contributed by atoms with Crippen molar-refractivity contribution < 1.29 is 46.7 Å². The number of amides is 2. The van der Waals surface area contributed by atoms with E-state index < -0.39 is 37.4 Å². The van der Waals surface area contributed by atoms with Gasteiger partial charge in [0, 0.05) is 6.42 Å². The molecule has 6 aromatic carbocycles. The third-order valence-electron chi connectivity index (χ3n) is 10.6. The molecule has 13 nitrogen and oxygen atoms in total. The van der Waals surface area contributed by atoms with Crippen molar-refractivity contribution in [3.05, 3.63) is 203 Å². The van der Waals surface area contributed by atoms with E-state index in [9.17, 15) is 18.9 Å². The molecule has 0 aromatic heterocycles. The van der Waals surface area contributed by atoms with Crippen molar-refractivity contribution in [1.82, 2.24) is 16.2 Å². The van der Waals surface area contributed by atoms with Crippen LogP contribution in [0.25, 0.3) is 0 Å². The Labute approximate surface area is 386 Å². The van der Waals surface area contributed by atoms with Crippen molar-refractivity contribution in [1.29, 1.82) is 0 Å². The van der Waals surface area contributed by atoms with Gasteiger partial charge in [0.25, 0.3) is 5.91 Å². The topological polar surface area (TPSA) is 160 Å². The summed E-state index contributed by atoms with van der Waals surface area (Å²) in [4.78, 5) is 41.1. The molecule has 14 heteroatoms. The first-order valence-electron chi connectivity index (χ1n) is 21.7. The van der Waals surface area contributed by atoms with Gasteiger partial charge in [-0.2, -0.15) is 0 Å². The zero-order valence-corrected chi connectivity index (χ0v) is 38.2. The van der Waals surface area contributed by atoms with Gasteiger partial charge in [-0.25, -0.2) is 19.6 Å². The van der Waals surface area contributed by atoms with Crippen molar-refractivity contribution in [2.45, 2.75) is 78.2 Å². The predicted octanol–water partition coefficient (Wildman–Crippen LogP) is 10.2. The zero-order valence-electron chi connectivity index (χ0n) is 37.3. The first-order valence-corrected chi connectivity index (χ1v) is 23.2. The maximum Gasteiger partial charge on any atom is 0.530 e. The second-order valence-electron chi connectivity index (χ2n) is 15.9. The zero-order chi connectivity index (χ0) is 46.6. The fourth-order valence-electron chi connectivity index (χ4n) is 6.58. The number of esters is 1. The second kappa shape index (κ2) is 24.5. The lowest BCUT2D eigenvalue weighted by atomic mass is 9.93. The Morgan fingerprint density at radius 2 is 1.03 bits per heavy atom. The molecule has 6 rings (SSSR count). The summed E-state index contributed by atoms with van der Waals surface area (Å²) in [5.41, 5.74) is 8.51. The van der Waals surface area contributed by atoms with Crippen LogP contribution in [0, 0.1) is 5.92 Å². The number of hydrogen-bond donors (Lipinski definition) is 3. The Bertz CT molecular complexity index is 2440. The fourth-order valence-corrected chi connectivity index (χ4v) is 7.77. The van der Waals surface area contributed by atoms with Gasteiger partial charge in [0.1, 0.15) is 31.4 Å². The molecule has 2 amide bonds. The van der Waals surface area contributed by atoms with Crippen LogP contribution in [0.4, 0.5) is 4.79 Å². The smallest absolute Gasteiger partial charge is 0.485 e. The molecule has 0 aliphatic carbocycles. The summed E-state index contributed by atoms with van der Waals surface area (Å²) in [7, 11) is -4.33. The van der Waals surface area contributed by atoms with Crippen molar-refractivity contribution >= 4 is 25.8 Å². The molecule has 0 radical (unpaired) electrons. The van der Waals surface area contributed by atoms with Crippen molar-refractivity contribution in [3.63, 3.8) is 0 Å². The Balaban J connectivity index is 1.26. The highest BCUT2D eigenvalue weighted by molar-refractivity contribution is 7.48. The second-order valence-corrected chi connectivity index (χ2v) is 17.5. The number of phosphoric ester groups is 1. The SMILES string of the molecule is CC[C@H](C)[C@H](NC(=O)OCc1ccccc1)C(=O)NN[C@@](C)(Cc1ccc(OP(=O)(OCc2ccccc2)OCc2ccccc2)c(OCc2ccccc2)c1)C(=O)OCc1ccccc1. The van der Waals surface area contributed by atoms with Crippen LogP contribution in [-0.4, -0.2) is 29.6 Å². The van der Waals surface area contributed by atoms with E-state index in [0.717, 1.165) is 27.8 Å². The number of hydrogen-bond acceptors (Lipinski definition) is 11. The number of carbonyl (C=O) groups is 3. The van der Waals surface area contributed by atoms with Gasteiger partial charge in [-0.05, 0) is 58.4 Å². The van der Waals surface area contributed by atoms with Crippen LogP contribution in [0.15, 0.2) is 170 Å². The largest absolute Gasteiger partial charge is 0.530 e. The molecule has 0 unspecified atom stereocenters. The van der Waals surface area contributed by atoms with Gasteiger partial charge >= 0.3 is 19.9 Å². The summed E-state index contributed by atoms with van der Waals surface area (Å²) in [5.74, 6) is -1.34. The summed E-state index contributed by atoms with van der Waals surface area (Å²) in [6.07, 6.45) is -0.263. The van der Waals surface area contributed by atoms with Crippen LogP contribution in [0.3, 0.4) is 0 Å². The number of phosphoric acid groups is 1. The van der Waals surface area contributed by atoms with Gasteiger partial charge in [0.2, 0.25) is 0 Å². The van der Waals surface area contributed by atoms with Crippen molar-refractivity contribution in [2.75, 3.05) is 0 Å². The average molecular weight is 914 g/mol. The van der Waals surface area contributed by atoms with Crippen LogP contribution >= 0.6 is 7.82 Å². The van der Waals surface area contributed by atoms with Gasteiger partial charge in [0.15, 0.2) is 11.5 Å². The molecule has 3 atom stereocenters. The molecule has 0 spiro atoms. The summed E-state index contributed by atoms with van der Waals surface area (Å²) in [6.45, 7) is 5.30. The first-order chi connectivity index (χ1) is 32.0. The minimum Gasteiger partial charge on any atom is -0.485 e. The Morgan fingerprint density at radius 1 is 0.576 bits per heavy atom. The first kappa shape index (κ1) is 48.7. The van der Waals surface area contributed by atoms with E-state index in [0.29, 0.717) is 12.0 Å². The molecule has 0 fully saturated rings. The van der Waals surface area contributed by atoms with Gasteiger partial charge in [-0.15, -0.1) is 0 Å². The maximum absolute atomic E-state index is 14.5. The number of carbonyl (C=O) groups excluding carboxylic acids is 3. The number of alkyl carbamates (subject to hydrolysis) is 1. The number of nitrogens with one attached hydrogen (secondary N) is 3. The molecule has 6 aromatic rings. The van der Waals surface area contributed by atoms with E-state index in [2.05, 4.69) is 16.2 Å². The highest BCUT2D eigenvalue weighted by Crippen LogP contribution is 2.53. The average Bonchev–Trinajstić information content (AvgIpc) is 3.36. The van der Waals surface area contributed by atoms with Gasteiger partial charge in [-0.1, -0.05) is 178 Å². The Hall–Kier alpha value is -6.76. The normalized spacial score (nSPS) is 13.0. The van der Waals surface area contributed by atoms with Crippen LogP contribution < -0.4 is 25.4 Å². The van der Waals surface area contributed by atoms with E-state index in [-0.39, 0.29) is 56.9 Å². The molecule has 3 N–H and O–H groups in total. The number of benzene rings is 6. The summed E-state index contributed by atoms with van der Waals surface area (Å²) < 4.78 is 50.2. The third-order valence-corrected chi connectivity index (χ3v) is 11.9.